The molecular weight excluding hydrogens is 138 g/mol. The molecule has 2 heteroatoms. The van der Waals surface area contributed by atoms with Gasteiger partial charge in [0.25, 0.3) is 0 Å². The largest absolute Gasteiger partial charge is 0.392 e. The van der Waals surface area contributed by atoms with Crippen molar-refractivity contribution >= 4 is 0 Å². The van der Waals surface area contributed by atoms with Crippen LogP contribution in [0.15, 0.2) is 0 Å². The zero-order valence-electron chi connectivity index (χ0n) is 7.51. The van der Waals surface area contributed by atoms with Crippen molar-refractivity contribution in [1.82, 2.24) is 5.32 Å². The SMILES string of the molecule is CCC(C)NC1CCCC1O. The molecule has 66 valence electrons. The summed E-state index contributed by atoms with van der Waals surface area (Å²) in [5.41, 5.74) is 0. The topological polar surface area (TPSA) is 32.3 Å². The number of aliphatic hydroxyl groups excluding tert-OH is 1. The van der Waals surface area contributed by atoms with Gasteiger partial charge in [-0.1, -0.05) is 6.92 Å². The molecule has 0 saturated heterocycles. The standard InChI is InChI=1S/C9H19NO/c1-3-7(2)10-8-5-4-6-9(8)11/h7-11H,3-6H2,1-2H3. The molecule has 3 atom stereocenters. The summed E-state index contributed by atoms with van der Waals surface area (Å²) in [7, 11) is 0. The Kier molecular flexibility index (Phi) is 3.34. The average molecular weight is 157 g/mol. The highest BCUT2D eigenvalue weighted by Gasteiger charge is 2.25. The van der Waals surface area contributed by atoms with Gasteiger partial charge in [-0.25, -0.2) is 0 Å². The predicted octanol–water partition coefficient (Wildman–Crippen LogP) is 1.29. The lowest BCUT2D eigenvalue weighted by Crippen LogP contribution is -2.40. The van der Waals surface area contributed by atoms with E-state index in [1.54, 1.807) is 0 Å². The highest BCUT2D eigenvalue weighted by Crippen LogP contribution is 2.19. The van der Waals surface area contributed by atoms with Crippen LogP contribution in [0.1, 0.15) is 39.5 Å². The number of aliphatic hydroxyl groups is 1. The molecule has 0 spiro atoms. The first-order valence-electron chi connectivity index (χ1n) is 4.68. The predicted molar refractivity (Wildman–Crippen MR) is 46.5 cm³/mol. The van der Waals surface area contributed by atoms with Crippen LogP contribution in [-0.2, 0) is 0 Å². The van der Waals surface area contributed by atoms with Gasteiger partial charge in [-0.2, -0.15) is 0 Å². The van der Waals surface area contributed by atoms with E-state index in [0.717, 1.165) is 19.3 Å². The van der Waals surface area contributed by atoms with E-state index in [2.05, 4.69) is 19.2 Å². The van der Waals surface area contributed by atoms with E-state index in [1.807, 2.05) is 0 Å². The first-order valence-corrected chi connectivity index (χ1v) is 4.68. The number of rotatable bonds is 3. The number of hydrogen-bond acceptors (Lipinski definition) is 2. The molecule has 1 fully saturated rings. The van der Waals surface area contributed by atoms with Crippen LogP contribution in [0.2, 0.25) is 0 Å². The van der Waals surface area contributed by atoms with E-state index in [-0.39, 0.29) is 6.10 Å². The summed E-state index contributed by atoms with van der Waals surface area (Å²) < 4.78 is 0. The molecule has 1 aliphatic carbocycles. The Morgan fingerprint density at radius 2 is 2.27 bits per heavy atom. The van der Waals surface area contributed by atoms with Crippen molar-refractivity contribution in [2.24, 2.45) is 0 Å². The second kappa shape index (κ2) is 4.07. The molecule has 0 bridgehead atoms. The van der Waals surface area contributed by atoms with Gasteiger partial charge < -0.3 is 10.4 Å². The van der Waals surface area contributed by atoms with E-state index in [4.69, 9.17) is 0 Å². The van der Waals surface area contributed by atoms with Crippen molar-refractivity contribution in [2.75, 3.05) is 0 Å². The molecule has 0 heterocycles. The molecule has 1 rings (SSSR count). The average Bonchev–Trinajstić information content (AvgIpc) is 2.37. The number of hydrogen-bond donors (Lipinski definition) is 2. The Morgan fingerprint density at radius 3 is 2.73 bits per heavy atom. The lowest BCUT2D eigenvalue weighted by atomic mass is 10.1. The van der Waals surface area contributed by atoms with Gasteiger partial charge in [0.2, 0.25) is 0 Å². The fraction of sp³-hybridized carbons (Fsp3) is 1.00. The summed E-state index contributed by atoms with van der Waals surface area (Å²) in [4.78, 5) is 0. The van der Waals surface area contributed by atoms with Crippen LogP contribution < -0.4 is 5.32 Å². The third-order valence-electron chi connectivity index (χ3n) is 2.59. The van der Waals surface area contributed by atoms with Crippen LogP contribution in [0, 0.1) is 0 Å². The molecule has 3 unspecified atom stereocenters. The Bertz CT molecular complexity index is 116. The quantitative estimate of drug-likeness (QED) is 0.647. The summed E-state index contributed by atoms with van der Waals surface area (Å²) in [6.45, 7) is 4.34. The molecule has 11 heavy (non-hydrogen) atoms. The molecule has 2 nitrogen and oxygen atoms in total. The van der Waals surface area contributed by atoms with Crippen LogP contribution in [0.5, 0.6) is 0 Å². The third-order valence-corrected chi connectivity index (χ3v) is 2.59. The van der Waals surface area contributed by atoms with Crippen molar-refractivity contribution < 1.29 is 5.11 Å². The van der Waals surface area contributed by atoms with E-state index in [9.17, 15) is 5.11 Å². The van der Waals surface area contributed by atoms with E-state index < -0.39 is 0 Å². The zero-order valence-corrected chi connectivity index (χ0v) is 7.51. The highest BCUT2D eigenvalue weighted by atomic mass is 16.3. The Labute approximate surface area is 69.0 Å². The summed E-state index contributed by atoms with van der Waals surface area (Å²) in [6, 6.07) is 0.915. The van der Waals surface area contributed by atoms with Crippen molar-refractivity contribution in [3.63, 3.8) is 0 Å². The van der Waals surface area contributed by atoms with E-state index in [1.165, 1.54) is 6.42 Å². The molecule has 0 aromatic carbocycles. The van der Waals surface area contributed by atoms with Crippen LogP contribution in [0.4, 0.5) is 0 Å². The monoisotopic (exact) mass is 157 g/mol. The minimum atomic E-state index is -0.0935. The fourth-order valence-corrected chi connectivity index (χ4v) is 1.62. The second-order valence-corrected chi connectivity index (χ2v) is 3.58. The highest BCUT2D eigenvalue weighted by molar-refractivity contribution is 4.83. The number of nitrogens with one attached hydrogen (secondary N) is 1. The van der Waals surface area contributed by atoms with Gasteiger partial charge in [0.15, 0.2) is 0 Å². The zero-order chi connectivity index (χ0) is 8.27. The minimum absolute atomic E-state index is 0.0935. The van der Waals surface area contributed by atoms with E-state index >= 15 is 0 Å². The second-order valence-electron chi connectivity index (χ2n) is 3.58. The first-order chi connectivity index (χ1) is 5.24. The van der Waals surface area contributed by atoms with Gasteiger partial charge in [-0.05, 0) is 32.6 Å². The van der Waals surface area contributed by atoms with Crippen LogP contribution >= 0.6 is 0 Å². The molecule has 0 aromatic heterocycles. The molecule has 0 aromatic rings. The molecule has 1 saturated carbocycles. The minimum Gasteiger partial charge on any atom is -0.392 e. The van der Waals surface area contributed by atoms with Gasteiger partial charge in [0.1, 0.15) is 0 Å². The summed E-state index contributed by atoms with van der Waals surface area (Å²) in [5, 5.41) is 12.9. The van der Waals surface area contributed by atoms with Crippen LogP contribution in [0.3, 0.4) is 0 Å². The van der Waals surface area contributed by atoms with Gasteiger partial charge >= 0.3 is 0 Å². The maximum atomic E-state index is 9.47. The molecule has 0 aliphatic heterocycles. The van der Waals surface area contributed by atoms with Gasteiger partial charge in [0, 0.05) is 12.1 Å². The molecular formula is C9H19NO. The van der Waals surface area contributed by atoms with E-state index in [0.29, 0.717) is 12.1 Å². The van der Waals surface area contributed by atoms with Gasteiger partial charge in [0.05, 0.1) is 6.10 Å². The maximum Gasteiger partial charge on any atom is 0.0693 e. The lowest BCUT2D eigenvalue weighted by Gasteiger charge is -2.20. The molecule has 2 N–H and O–H groups in total. The first kappa shape index (κ1) is 9.01. The van der Waals surface area contributed by atoms with Crippen molar-refractivity contribution in [2.45, 2.75) is 57.7 Å². The summed E-state index contributed by atoms with van der Waals surface area (Å²) in [6.07, 6.45) is 4.35. The third kappa shape index (κ3) is 2.46. The van der Waals surface area contributed by atoms with Gasteiger partial charge in [-0.15, -0.1) is 0 Å². The van der Waals surface area contributed by atoms with Crippen LogP contribution in [-0.4, -0.2) is 23.3 Å². The Morgan fingerprint density at radius 1 is 1.55 bits per heavy atom. The fourth-order valence-electron chi connectivity index (χ4n) is 1.62. The van der Waals surface area contributed by atoms with Gasteiger partial charge in [-0.3, -0.25) is 0 Å². The smallest absolute Gasteiger partial charge is 0.0693 e. The van der Waals surface area contributed by atoms with Crippen molar-refractivity contribution in [3.05, 3.63) is 0 Å². The maximum absolute atomic E-state index is 9.47. The summed E-state index contributed by atoms with van der Waals surface area (Å²) >= 11 is 0. The normalized spacial score (nSPS) is 34.1. The molecule has 0 amide bonds. The van der Waals surface area contributed by atoms with Crippen molar-refractivity contribution in [3.8, 4) is 0 Å². The Balaban J connectivity index is 2.24. The molecule has 1 aliphatic rings. The molecule has 0 radical (unpaired) electrons. The Hall–Kier alpha value is -0.0800. The van der Waals surface area contributed by atoms with Crippen molar-refractivity contribution in [1.29, 1.82) is 0 Å². The lowest BCUT2D eigenvalue weighted by molar-refractivity contribution is 0.143. The van der Waals surface area contributed by atoms with Crippen LogP contribution in [0.25, 0.3) is 0 Å². The summed E-state index contributed by atoms with van der Waals surface area (Å²) in [5.74, 6) is 0.